The molecule has 0 radical (unpaired) electrons. The third-order valence-electron chi connectivity index (χ3n) is 4.96. The molecule has 1 spiro atoms. The highest BCUT2D eigenvalue weighted by molar-refractivity contribution is 6.07. The molecule has 1 aromatic rings. The molecule has 0 unspecified atom stereocenters. The van der Waals surface area contributed by atoms with Gasteiger partial charge in [-0.3, -0.25) is 9.69 Å². The summed E-state index contributed by atoms with van der Waals surface area (Å²) in [6, 6.07) is 4.33. The molecule has 2 heterocycles. The Morgan fingerprint density at radius 3 is 2.48 bits per heavy atom. The van der Waals surface area contributed by atoms with Gasteiger partial charge >= 0.3 is 12.2 Å². The Labute approximate surface area is 143 Å². The van der Waals surface area contributed by atoms with E-state index < -0.39 is 23.3 Å². The minimum absolute atomic E-state index is 0.146. The Balaban J connectivity index is 1.88. The van der Waals surface area contributed by atoms with Crippen molar-refractivity contribution in [1.82, 2.24) is 15.1 Å². The van der Waals surface area contributed by atoms with Gasteiger partial charge in [0.1, 0.15) is 5.54 Å². The Bertz CT molecular complexity index is 684. The van der Waals surface area contributed by atoms with Crippen molar-refractivity contribution in [2.75, 3.05) is 19.6 Å². The van der Waals surface area contributed by atoms with Gasteiger partial charge in [0.2, 0.25) is 0 Å². The van der Waals surface area contributed by atoms with Crippen LogP contribution in [0.2, 0.25) is 0 Å². The third-order valence-corrected chi connectivity index (χ3v) is 4.96. The SMILES string of the molecule is CCN1C(=O)N(Cc2cccc(C(F)(F)F)c2)C(=O)C12CCNCC2. The molecule has 0 saturated carbocycles. The van der Waals surface area contributed by atoms with E-state index in [1.54, 1.807) is 4.90 Å². The molecule has 1 aromatic carbocycles. The van der Waals surface area contributed by atoms with E-state index >= 15 is 0 Å². The fraction of sp³-hybridized carbons (Fsp3) is 0.529. The minimum atomic E-state index is -4.46. The highest BCUT2D eigenvalue weighted by atomic mass is 19.4. The van der Waals surface area contributed by atoms with Gasteiger partial charge in [0.15, 0.2) is 0 Å². The first-order chi connectivity index (χ1) is 11.8. The Morgan fingerprint density at radius 2 is 1.88 bits per heavy atom. The van der Waals surface area contributed by atoms with E-state index in [1.807, 2.05) is 6.92 Å². The van der Waals surface area contributed by atoms with Crippen LogP contribution < -0.4 is 5.32 Å². The normalized spacial score (nSPS) is 20.6. The number of benzene rings is 1. The van der Waals surface area contributed by atoms with Crippen LogP contribution in [0.3, 0.4) is 0 Å². The number of nitrogens with one attached hydrogen (secondary N) is 1. The van der Waals surface area contributed by atoms with Crippen LogP contribution in [0.5, 0.6) is 0 Å². The van der Waals surface area contributed by atoms with E-state index in [0.717, 1.165) is 17.0 Å². The van der Waals surface area contributed by atoms with Gasteiger partial charge in [-0.15, -0.1) is 0 Å². The molecule has 2 saturated heterocycles. The zero-order chi connectivity index (χ0) is 18.2. The number of carbonyl (C=O) groups excluding carboxylic acids is 2. The number of hydrogen-bond acceptors (Lipinski definition) is 3. The summed E-state index contributed by atoms with van der Waals surface area (Å²) >= 11 is 0. The number of alkyl halides is 3. The van der Waals surface area contributed by atoms with Crippen LogP contribution in [-0.4, -0.2) is 46.9 Å². The summed E-state index contributed by atoms with van der Waals surface area (Å²) in [5, 5.41) is 3.17. The standard InChI is InChI=1S/C17H20F3N3O2/c1-2-23-15(25)22(14(24)16(23)6-8-21-9-7-16)11-12-4-3-5-13(10-12)17(18,19)20/h3-5,10,21H,2,6-9,11H2,1H3. The molecular weight excluding hydrogens is 335 g/mol. The summed E-state index contributed by atoms with van der Waals surface area (Å²) in [6.07, 6.45) is -3.42. The first-order valence-corrected chi connectivity index (χ1v) is 8.30. The fourth-order valence-electron chi connectivity index (χ4n) is 3.71. The fourth-order valence-corrected chi connectivity index (χ4v) is 3.71. The highest BCUT2D eigenvalue weighted by Gasteiger charge is 2.56. The first kappa shape index (κ1) is 17.7. The van der Waals surface area contributed by atoms with Crippen molar-refractivity contribution in [3.8, 4) is 0 Å². The number of imide groups is 1. The van der Waals surface area contributed by atoms with Crippen molar-refractivity contribution < 1.29 is 22.8 Å². The lowest BCUT2D eigenvalue weighted by atomic mass is 9.86. The molecule has 136 valence electrons. The summed E-state index contributed by atoms with van der Waals surface area (Å²) in [5.74, 6) is -0.307. The highest BCUT2D eigenvalue weighted by Crippen LogP contribution is 2.36. The van der Waals surface area contributed by atoms with Crippen molar-refractivity contribution in [1.29, 1.82) is 0 Å². The molecule has 3 rings (SSSR count). The number of likely N-dealkylation sites (N-methyl/N-ethyl adjacent to an activating group) is 1. The monoisotopic (exact) mass is 355 g/mol. The number of halogens is 3. The van der Waals surface area contributed by atoms with Gasteiger partial charge in [-0.25, -0.2) is 4.79 Å². The summed E-state index contributed by atoms with van der Waals surface area (Å²) in [4.78, 5) is 28.3. The molecule has 5 nitrogen and oxygen atoms in total. The lowest BCUT2D eigenvalue weighted by Crippen LogP contribution is -2.55. The summed E-state index contributed by atoms with van der Waals surface area (Å²) in [7, 11) is 0. The third kappa shape index (κ3) is 2.99. The minimum Gasteiger partial charge on any atom is -0.317 e. The van der Waals surface area contributed by atoms with Crippen LogP contribution in [0.15, 0.2) is 24.3 Å². The lowest BCUT2D eigenvalue weighted by Gasteiger charge is -2.37. The second kappa shape index (κ2) is 6.33. The number of rotatable bonds is 3. The largest absolute Gasteiger partial charge is 0.416 e. The van der Waals surface area contributed by atoms with Crippen LogP contribution in [0, 0.1) is 0 Å². The van der Waals surface area contributed by atoms with Crippen molar-refractivity contribution in [3.05, 3.63) is 35.4 Å². The van der Waals surface area contributed by atoms with Crippen molar-refractivity contribution in [2.24, 2.45) is 0 Å². The number of amides is 3. The zero-order valence-electron chi connectivity index (χ0n) is 13.9. The van der Waals surface area contributed by atoms with E-state index in [4.69, 9.17) is 0 Å². The van der Waals surface area contributed by atoms with Gasteiger partial charge in [0.05, 0.1) is 12.1 Å². The van der Waals surface area contributed by atoms with Gasteiger partial charge in [-0.1, -0.05) is 12.1 Å². The van der Waals surface area contributed by atoms with E-state index in [0.29, 0.717) is 38.0 Å². The van der Waals surface area contributed by atoms with Gasteiger partial charge in [-0.05, 0) is 50.6 Å². The maximum absolute atomic E-state index is 13.0. The summed E-state index contributed by atoms with van der Waals surface area (Å²) in [6.45, 7) is 3.32. The van der Waals surface area contributed by atoms with Gasteiger partial charge in [0.25, 0.3) is 5.91 Å². The van der Waals surface area contributed by atoms with E-state index in [-0.39, 0.29) is 12.5 Å². The quantitative estimate of drug-likeness (QED) is 0.848. The van der Waals surface area contributed by atoms with Crippen LogP contribution in [0.4, 0.5) is 18.0 Å². The van der Waals surface area contributed by atoms with Gasteiger partial charge in [0, 0.05) is 6.54 Å². The molecule has 2 aliphatic rings. The van der Waals surface area contributed by atoms with Gasteiger partial charge < -0.3 is 10.2 Å². The second-order valence-electron chi connectivity index (χ2n) is 6.40. The molecule has 25 heavy (non-hydrogen) atoms. The predicted molar refractivity (Wildman–Crippen MR) is 84.6 cm³/mol. The molecule has 2 aliphatic heterocycles. The number of hydrogen-bond donors (Lipinski definition) is 1. The maximum Gasteiger partial charge on any atom is 0.416 e. The molecular formula is C17H20F3N3O2. The molecule has 0 bridgehead atoms. The predicted octanol–water partition coefficient (Wildman–Crippen LogP) is 2.61. The van der Waals surface area contributed by atoms with Crippen molar-refractivity contribution >= 4 is 11.9 Å². The van der Waals surface area contributed by atoms with Crippen molar-refractivity contribution in [3.63, 3.8) is 0 Å². The molecule has 1 N–H and O–H groups in total. The Kier molecular flexibility index (Phi) is 4.49. The first-order valence-electron chi connectivity index (χ1n) is 8.30. The van der Waals surface area contributed by atoms with E-state index in [1.165, 1.54) is 12.1 Å². The average molecular weight is 355 g/mol. The molecule has 0 aromatic heterocycles. The van der Waals surface area contributed by atoms with Gasteiger partial charge in [-0.2, -0.15) is 13.2 Å². The molecule has 0 atom stereocenters. The van der Waals surface area contributed by atoms with E-state index in [9.17, 15) is 22.8 Å². The van der Waals surface area contributed by atoms with Crippen LogP contribution in [0.1, 0.15) is 30.9 Å². The Morgan fingerprint density at radius 1 is 1.20 bits per heavy atom. The molecule has 3 amide bonds. The average Bonchev–Trinajstić information content (AvgIpc) is 2.76. The number of nitrogens with zero attached hydrogens (tertiary/aromatic N) is 2. The van der Waals surface area contributed by atoms with E-state index in [2.05, 4.69) is 5.32 Å². The second-order valence-corrected chi connectivity index (χ2v) is 6.40. The Hall–Kier alpha value is -2.09. The van der Waals surface area contributed by atoms with Crippen molar-refractivity contribution in [2.45, 2.75) is 38.0 Å². The van der Waals surface area contributed by atoms with Crippen LogP contribution in [-0.2, 0) is 17.5 Å². The topological polar surface area (TPSA) is 52.7 Å². The molecule has 2 fully saturated rings. The number of urea groups is 1. The number of carbonyl (C=O) groups is 2. The summed E-state index contributed by atoms with van der Waals surface area (Å²) < 4.78 is 38.6. The zero-order valence-corrected chi connectivity index (χ0v) is 13.9. The molecule has 0 aliphatic carbocycles. The lowest BCUT2D eigenvalue weighted by molar-refractivity contribution is -0.137. The smallest absolute Gasteiger partial charge is 0.317 e. The molecule has 8 heteroatoms. The number of piperidine rings is 1. The van der Waals surface area contributed by atoms with Crippen LogP contribution >= 0.6 is 0 Å². The summed E-state index contributed by atoms with van der Waals surface area (Å²) in [5.41, 5.74) is -1.36. The van der Waals surface area contributed by atoms with Crippen LogP contribution in [0.25, 0.3) is 0 Å². The maximum atomic E-state index is 13.0.